The number of fused-ring (bicyclic) bond motifs is 1. The Balaban J connectivity index is 1.45. The minimum absolute atomic E-state index is 0.0934. The quantitative estimate of drug-likeness (QED) is 0.909. The Hall–Kier alpha value is -2.34. The normalized spacial score (nSPS) is 19.6. The van der Waals surface area contributed by atoms with Crippen LogP contribution in [-0.2, 0) is 17.9 Å². The van der Waals surface area contributed by atoms with Crippen molar-refractivity contribution in [1.82, 2.24) is 14.5 Å². The van der Waals surface area contributed by atoms with Crippen molar-refractivity contribution in [2.45, 2.75) is 38.4 Å². The maximum Gasteiger partial charge on any atom is 0.250 e. The predicted molar refractivity (Wildman–Crippen MR) is 93.8 cm³/mol. The fourth-order valence-electron chi connectivity index (χ4n) is 3.68. The van der Waals surface area contributed by atoms with Gasteiger partial charge in [-0.05, 0) is 31.9 Å². The van der Waals surface area contributed by atoms with Crippen LogP contribution in [0.25, 0.3) is 0 Å². The van der Waals surface area contributed by atoms with Gasteiger partial charge in [0.2, 0.25) is 5.91 Å². The highest BCUT2D eigenvalue weighted by molar-refractivity contribution is 6.06. The molecule has 0 radical (unpaired) electrons. The van der Waals surface area contributed by atoms with Crippen molar-refractivity contribution in [2.75, 3.05) is 23.7 Å². The monoisotopic (exact) mass is 325 g/mol. The second-order valence-corrected chi connectivity index (χ2v) is 6.61. The summed E-state index contributed by atoms with van der Waals surface area (Å²) in [5, 5.41) is 6.57. The van der Waals surface area contributed by atoms with Gasteiger partial charge < -0.3 is 15.2 Å². The largest absolute Gasteiger partial charge is 0.369 e. The summed E-state index contributed by atoms with van der Waals surface area (Å²) >= 11 is 0. The number of anilines is 2. The molecule has 0 atom stereocenters. The van der Waals surface area contributed by atoms with E-state index in [-0.39, 0.29) is 5.91 Å². The van der Waals surface area contributed by atoms with Crippen LogP contribution in [0.15, 0.2) is 36.7 Å². The van der Waals surface area contributed by atoms with Gasteiger partial charge in [0.05, 0.1) is 17.9 Å². The number of aromatic nitrogens is 2. The summed E-state index contributed by atoms with van der Waals surface area (Å²) in [5.41, 5.74) is 1.41. The number of imidazole rings is 1. The number of hydrogen-bond acceptors (Lipinski definition) is 4. The standard InChI is InChI=1S/C18H23N5O/c1-2-23-12-9-19-16(23)13-22-10-7-18(8-11-22)17(24)20-14-5-3-4-6-15(14)21-18/h3-6,9,12,21H,2,7-8,10-11,13H2,1H3,(H,20,24). The number of carbonyl (C=O) groups excluding carboxylic acids is 1. The van der Waals surface area contributed by atoms with Gasteiger partial charge in [0, 0.05) is 32.0 Å². The van der Waals surface area contributed by atoms with Crippen LogP contribution in [0.3, 0.4) is 0 Å². The van der Waals surface area contributed by atoms with Crippen LogP contribution >= 0.6 is 0 Å². The predicted octanol–water partition coefficient (Wildman–Crippen LogP) is 2.30. The molecule has 6 nitrogen and oxygen atoms in total. The molecule has 2 N–H and O–H groups in total. The van der Waals surface area contributed by atoms with Gasteiger partial charge in [0.15, 0.2) is 0 Å². The third-order valence-electron chi connectivity index (χ3n) is 5.20. The van der Waals surface area contributed by atoms with Gasteiger partial charge in [-0.1, -0.05) is 12.1 Å². The van der Waals surface area contributed by atoms with Crippen molar-refractivity contribution in [3.8, 4) is 0 Å². The zero-order chi connectivity index (χ0) is 16.6. The number of carbonyl (C=O) groups is 1. The average Bonchev–Trinajstić information content (AvgIpc) is 3.05. The Morgan fingerprint density at radius 1 is 1.21 bits per heavy atom. The molecule has 1 saturated heterocycles. The summed E-state index contributed by atoms with van der Waals surface area (Å²) in [7, 11) is 0. The van der Waals surface area contributed by atoms with E-state index < -0.39 is 5.54 Å². The van der Waals surface area contributed by atoms with E-state index in [1.165, 1.54) is 0 Å². The van der Waals surface area contributed by atoms with Crippen molar-refractivity contribution < 1.29 is 4.79 Å². The molecule has 2 aromatic rings. The minimum atomic E-state index is -0.481. The molecule has 1 amide bonds. The Morgan fingerprint density at radius 3 is 2.71 bits per heavy atom. The van der Waals surface area contributed by atoms with Crippen molar-refractivity contribution in [3.05, 3.63) is 42.5 Å². The SMILES string of the molecule is CCn1ccnc1CN1CCC2(CC1)Nc1ccccc1NC2=O. The maximum absolute atomic E-state index is 12.6. The lowest BCUT2D eigenvalue weighted by atomic mass is 9.84. The smallest absolute Gasteiger partial charge is 0.250 e. The first-order chi connectivity index (χ1) is 11.7. The summed E-state index contributed by atoms with van der Waals surface area (Å²) in [6.07, 6.45) is 5.49. The highest BCUT2D eigenvalue weighted by Crippen LogP contribution is 2.36. The van der Waals surface area contributed by atoms with Gasteiger partial charge in [-0.3, -0.25) is 9.69 Å². The Kier molecular flexibility index (Phi) is 3.76. The first-order valence-corrected chi connectivity index (χ1v) is 8.61. The number of nitrogens with zero attached hydrogens (tertiary/aromatic N) is 3. The first kappa shape index (κ1) is 15.2. The molecule has 0 aliphatic carbocycles. The molecule has 126 valence electrons. The number of hydrogen-bond donors (Lipinski definition) is 2. The van der Waals surface area contributed by atoms with Crippen LogP contribution in [-0.4, -0.2) is 39.0 Å². The molecule has 1 aromatic heterocycles. The Bertz CT molecular complexity index is 745. The Morgan fingerprint density at radius 2 is 1.96 bits per heavy atom. The highest BCUT2D eigenvalue weighted by Gasteiger charge is 2.44. The van der Waals surface area contributed by atoms with Crippen LogP contribution in [0.5, 0.6) is 0 Å². The molecular weight excluding hydrogens is 302 g/mol. The Labute approximate surface area is 141 Å². The maximum atomic E-state index is 12.6. The lowest BCUT2D eigenvalue weighted by Crippen LogP contribution is -2.58. The van der Waals surface area contributed by atoms with Crippen LogP contribution in [0.1, 0.15) is 25.6 Å². The molecule has 0 saturated carbocycles. The summed E-state index contributed by atoms with van der Waals surface area (Å²) in [6.45, 7) is 5.69. The van der Waals surface area contributed by atoms with Crippen LogP contribution in [0.2, 0.25) is 0 Å². The van der Waals surface area contributed by atoms with Crippen molar-refractivity contribution in [1.29, 1.82) is 0 Å². The first-order valence-electron chi connectivity index (χ1n) is 8.61. The fraction of sp³-hybridized carbons (Fsp3) is 0.444. The summed E-state index contributed by atoms with van der Waals surface area (Å²) in [5.74, 6) is 1.19. The molecule has 1 spiro atoms. The number of aryl methyl sites for hydroxylation is 1. The van der Waals surface area contributed by atoms with Crippen LogP contribution in [0, 0.1) is 0 Å². The number of benzene rings is 1. The van der Waals surface area contributed by atoms with Gasteiger partial charge in [0.1, 0.15) is 11.4 Å². The van der Waals surface area contributed by atoms with E-state index in [1.807, 2.05) is 36.7 Å². The third-order valence-corrected chi connectivity index (χ3v) is 5.20. The van der Waals surface area contributed by atoms with Gasteiger partial charge in [-0.2, -0.15) is 0 Å². The van der Waals surface area contributed by atoms with Crippen molar-refractivity contribution >= 4 is 17.3 Å². The molecule has 4 rings (SSSR count). The second kappa shape index (κ2) is 5.94. The molecule has 1 fully saturated rings. The van der Waals surface area contributed by atoms with E-state index in [4.69, 9.17) is 0 Å². The number of rotatable bonds is 3. The molecule has 2 aliphatic heterocycles. The zero-order valence-corrected chi connectivity index (χ0v) is 14.0. The zero-order valence-electron chi connectivity index (χ0n) is 14.0. The lowest BCUT2D eigenvalue weighted by molar-refractivity contribution is -0.122. The fourth-order valence-corrected chi connectivity index (χ4v) is 3.68. The number of piperidine rings is 1. The van der Waals surface area contributed by atoms with E-state index in [1.54, 1.807) is 0 Å². The summed E-state index contributed by atoms with van der Waals surface area (Å²) < 4.78 is 2.17. The van der Waals surface area contributed by atoms with Crippen LogP contribution in [0.4, 0.5) is 11.4 Å². The number of likely N-dealkylation sites (tertiary alicyclic amines) is 1. The molecule has 0 unspecified atom stereocenters. The van der Waals surface area contributed by atoms with Crippen LogP contribution < -0.4 is 10.6 Å². The number of para-hydroxylation sites is 2. The van der Waals surface area contributed by atoms with E-state index in [0.29, 0.717) is 0 Å². The number of amides is 1. The van der Waals surface area contributed by atoms with E-state index in [0.717, 1.165) is 56.2 Å². The van der Waals surface area contributed by atoms with E-state index >= 15 is 0 Å². The molecule has 24 heavy (non-hydrogen) atoms. The van der Waals surface area contributed by atoms with Crippen molar-refractivity contribution in [2.24, 2.45) is 0 Å². The van der Waals surface area contributed by atoms with Gasteiger partial charge in [-0.15, -0.1) is 0 Å². The van der Waals surface area contributed by atoms with Gasteiger partial charge in [-0.25, -0.2) is 4.98 Å². The van der Waals surface area contributed by atoms with E-state index in [9.17, 15) is 4.79 Å². The highest BCUT2D eigenvalue weighted by atomic mass is 16.2. The minimum Gasteiger partial charge on any atom is -0.369 e. The molecule has 1 aromatic carbocycles. The molecule has 2 aliphatic rings. The van der Waals surface area contributed by atoms with E-state index in [2.05, 4.69) is 32.0 Å². The topological polar surface area (TPSA) is 62.2 Å². The van der Waals surface area contributed by atoms with Crippen molar-refractivity contribution in [3.63, 3.8) is 0 Å². The molecular formula is C18H23N5O. The average molecular weight is 325 g/mol. The van der Waals surface area contributed by atoms with Gasteiger partial charge >= 0.3 is 0 Å². The number of nitrogens with one attached hydrogen (secondary N) is 2. The third kappa shape index (κ3) is 2.57. The summed E-state index contributed by atoms with van der Waals surface area (Å²) in [6, 6.07) is 7.90. The second-order valence-electron chi connectivity index (χ2n) is 6.61. The van der Waals surface area contributed by atoms with Gasteiger partial charge in [0.25, 0.3) is 0 Å². The molecule has 0 bridgehead atoms. The summed E-state index contributed by atoms with van der Waals surface area (Å²) in [4.78, 5) is 19.5. The molecule has 3 heterocycles. The molecule has 6 heteroatoms. The lowest BCUT2D eigenvalue weighted by Gasteiger charge is -2.44.